The molecule has 3 heterocycles. The lowest BCUT2D eigenvalue weighted by Crippen LogP contribution is -2.66. The Kier molecular flexibility index (Phi) is 18.1. The lowest BCUT2D eigenvalue weighted by Gasteiger charge is -2.50. The molecule has 1 aliphatic carbocycles. The predicted octanol–water partition coefficient (Wildman–Crippen LogP) is -0.154. The monoisotopic (exact) mass is 944 g/mol. The van der Waals surface area contributed by atoms with Crippen molar-refractivity contribution >= 4 is 59.7 Å². The van der Waals surface area contributed by atoms with Crippen molar-refractivity contribution in [2.24, 2.45) is 5.92 Å². The highest BCUT2D eigenvalue weighted by atomic mass is 16.8. The van der Waals surface area contributed by atoms with Gasteiger partial charge < -0.3 is 71.1 Å². The molecule has 3 aliphatic heterocycles. The molecule has 2 saturated heterocycles. The van der Waals surface area contributed by atoms with Crippen molar-refractivity contribution in [1.82, 2.24) is 0 Å². The lowest BCUT2D eigenvalue weighted by molar-refractivity contribution is -0.364. The lowest BCUT2D eigenvalue weighted by atomic mass is 9.82. The third-order valence-corrected chi connectivity index (χ3v) is 9.73. The van der Waals surface area contributed by atoms with Gasteiger partial charge in [-0.05, 0) is 17.7 Å². The second-order valence-electron chi connectivity index (χ2n) is 15.1. The van der Waals surface area contributed by atoms with Gasteiger partial charge in [0.2, 0.25) is 18.9 Å². The van der Waals surface area contributed by atoms with Crippen LogP contribution in [0.15, 0.2) is 24.0 Å². The minimum Gasteiger partial charge on any atom is -0.472 e. The van der Waals surface area contributed by atoms with Gasteiger partial charge >= 0.3 is 59.7 Å². The van der Waals surface area contributed by atoms with Crippen LogP contribution in [0.2, 0.25) is 0 Å². The summed E-state index contributed by atoms with van der Waals surface area (Å²) >= 11 is 0. The minimum atomic E-state index is -2.16. The average molecular weight is 945 g/mol. The summed E-state index contributed by atoms with van der Waals surface area (Å²) in [6, 6.07) is 0. The molecule has 25 heteroatoms. The highest BCUT2D eigenvalue weighted by Gasteiger charge is 2.64. The third kappa shape index (κ3) is 13.7. The first-order chi connectivity index (χ1) is 30.9. The van der Waals surface area contributed by atoms with Crippen LogP contribution >= 0.6 is 0 Å². The van der Waals surface area contributed by atoms with E-state index >= 15 is 0 Å². The van der Waals surface area contributed by atoms with E-state index < -0.39 is 165 Å². The fraction of sp³-hybridized carbons (Fsp3) is 0.659. The molecule has 25 nitrogen and oxygen atoms in total. The number of hydrogen-bond acceptors (Lipinski definition) is 25. The molecule has 0 radical (unpaired) electrons. The van der Waals surface area contributed by atoms with Crippen LogP contribution < -0.4 is 0 Å². The van der Waals surface area contributed by atoms with Crippen LogP contribution in [-0.4, -0.2) is 159 Å². The summed E-state index contributed by atoms with van der Waals surface area (Å²) in [6.45, 7) is 8.54. The van der Waals surface area contributed by atoms with E-state index in [-0.39, 0.29) is 5.57 Å². The molecule has 14 atom stereocenters. The van der Waals surface area contributed by atoms with Crippen LogP contribution in [0.25, 0.3) is 0 Å². The second kappa shape index (κ2) is 22.8. The summed E-state index contributed by atoms with van der Waals surface area (Å²) in [7, 11) is 0. The molecule has 0 amide bonds. The molecule has 0 aromatic heterocycles. The predicted molar refractivity (Wildman–Crippen MR) is 207 cm³/mol. The topological polar surface area (TPSA) is 309 Å². The Morgan fingerprint density at radius 1 is 0.470 bits per heavy atom. The fourth-order valence-electron chi connectivity index (χ4n) is 7.62. The molecular weight excluding hydrogens is 892 g/mol. The highest BCUT2D eigenvalue weighted by molar-refractivity contribution is 5.70. The van der Waals surface area contributed by atoms with E-state index in [1.807, 2.05) is 0 Å². The van der Waals surface area contributed by atoms with Crippen molar-refractivity contribution in [3.63, 3.8) is 0 Å². The summed E-state index contributed by atoms with van der Waals surface area (Å²) in [5, 5.41) is 0. The van der Waals surface area contributed by atoms with Crippen LogP contribution in [0.1, 0.15) is 69.2 Å². The van der Waals surface area contributed by atoms with Crippen LogP contribution in [0.3, 0.4) is 0 Å². The molecule has 66 heavy (non-hydrogen) atoms. The quantitative estimate of drug-likeness (QED) is 0.104. The highest BCUT2D eigenvalue weighted by Crippen LogP contribution is 2.50. The Morgan fingerprint density at radius 3 is 1.29 bits per heavy atom. The largest absolute Gasteiger partial charge is 0.472 e. The van der Waals surface area contributed by atoms with Gasteiger partial charge in [-0.1, -0.05) is 0 Å². The Labute approximate surface area is 376 Å². The van der Waals surface area contributed by atoms with Gasteiger partial charge in [0.1, 0.15) is 37.6 Å². The van der Waals surface area contributed by atoms with Crippen molar-refractivity contribution in [2.75, 3.05) is 19.8 Å². The first-order valence-electron chi connectivity index (χ1n) is 20.2. The Balaban J connectivity index is 1.93. The molecule has 0 saturated carbocycles. The number of ether oxygens (including phenoxy) is 15. The number of carbonyl (C=O) groups is 10. The molecule has 0 aromatic carbocycles. The number of fused-ring (bicyclic) bond motifs is 1. The van der Waals surface area contributed by atoms with Crippen molar-refractivity contribution in [2.45, 2.75) is 149 Å². The minimum absolute atomic E-state index is 0.0714. The maximum absolute atomic E-state index is 12.8. The summed E-state index contributed by atoms with van der Waals surface area (Å²) in [5.41, 5.74) is -2.09. The van der Waals surface area contributed by atoms with Crippen LogP contribution in [0, 0.1) is 5.92 Å². The van der Waals surface area contributed by atoms with Crippen molar-refractivity contribution in [1.29, 1.82) is 0 Å². The number of rotatable bonds is 17. The third-order valence-electron chi connectivity index (χ3n) is 9.73. The van der Waals surface area contributed by atoms with Gasteiger partial charge in [0, 0.05) is 69.2 Å². The Hall–Kier alpha value is -6.18. The molecule has 14 unspecified atom stereocenters. The molecule has 4 aliphatic rings. The van der Waals surface area contributed by atoms with Gasteiger partial charge in [0.15, 0.2) is 42.7 Å². The van der Waals surface area contributed by atoms with Gasteiger partial charge in [-0.3, -0.25) is 47.9 Å². The van der Waals surface area contributed by atoms with Crippen LogP contribution in [-0.2, 0) is 119 Å². The molecular formula is C41H52O25. The van der Waals surface area contributed by atoms with Crippen LogP contribution in [0.4, 0.5) is 0 Å². The normalized spacial score (nSPS) is 32.0. The van der Waals surface area contributed by atoms with Gasteiger partial charge in [-0.15, -0.1) is 0 Å². The molecule has 0 aromatic rings. The van der Waals surface area contributed by atoms with Crippen molar-refractivity contribution in [3.05, 3.63) is 24.0 Å². The summed E-state index contributed by atoms with van der Waals surface area (Å²) in [5.74, 6) is -10.4. The first-order valence-corrected chi connectivity index (χ1v) is 20.2. The van der Waals surface area contributed by atoms with E-state index in [4.69, 9.17) is 71.1 Å². The maximum Gasteiger partial charge on any atom is 0.303 e. The first kappa shape index (κ1) is 52.4. The van der Waals surface area contributed by atoms with E-state index in [9.17, 15) is 47.9 Å². The van der Waals surface area contributed by atoms with E-state index in [0.717, 1.165) is 75.5 Å². The maximum atomic E-state index is 12.8. The smallest absolute Gasteiger partial charge is 0.303 e. The van der Waals surface area contributed by atoms with E-state index in [1.54, 1.807) is 0 Å². The SMILES string of the molecule is CC(=O)OCC1=CC(OC(C)=O)C2(OC3OC(COC(C)=O)C(OC(C)=O)C(OC(C)=O)C3OC(C)=O)C=COC(OC3OC(COC(C)=O)C(OC(C)=O)C(OC(C)=O)C3OC(C)=O)C12. The summed E-state index contributed by atoms with van der Waals surface area (Å²) in [4.78, 5) is 124. The standard InChI is InChI=1S/C41H52O25/c1-17(42)53-14-27-13-30(56-20(4)45)41(66-40-37(62-26(10)51)35(60-24(8)49)33(58-22(6)47)29(64-40)16-55-19(3)44)11-12-52-38(31(27)41)65-39-36(61-25(9)50)34(59-23(7)48)32(57-21(5)46)28(63-39)15-54-18(2)43/h11-13,28-40H,14-16H2,1-10H3. The van der Waals surface area contributed by atoms with Gasteiger partial charge in [-0.25, -0.2) is 0 Å². The Bertz CT molecular complexity index is 1940. The second-order valence-corrected chi connectivity index (χ2v) is 15.1. The van der Waals surface area contributed by atoms with Gasteiger partial charge in [0.25, 0.3) is 0 Å². The zero-order valence-corrected chi connectivity index (χ0v) is 37.6. The van der Waals surface area contributed by atoms with Crippen LogP contribution in [0.5, 0.6) is 0 Å². The molecule has 0 bridgehead atoms. The molecule has 0 N–H and O–H groups in total. The van der Waals surface area contributed by atoms with E-state index in [0.29, 0.717) is 0 Å². The number of carbonyl (C=O) groups excluding carboxylic acids is 10. The van der Waals surface area contributed by atoms with Crippen molar-refractivity contribution < 1.29 is 119 Å². The zero-order chi connectivity index (χ0) is 49.2. The summed E-state index contributed by atoms with van der Waals surface area (Å²) < 4.78 is 86.2. The molecule has 4 rings (SSSR count). The zero-order valence-electron chi connectivity index (χ0n) is 37.6. The molecule has 0 spiro atoms. The number of esters is 10. The van der Waals surface area contributed by atoms with E-state index in [1.165, 1.54) is 12.2 Å². The molecule has 2 fully saturated rings. The molecule has 366 valence electrons. The van der Waals surface area contributed by atoms with E-state index in [2.05, 4.69) is 0 Å². The van der Waals surface area contributed by atoms with Gasteiger partial charge in [0.05, 0.1) is 12.2 Å². The van der Waals surface area contributed by atoms with Crippen molar-refractivity contribution in [3.8, 4) is 0 Å². The summed E-state index contributed by atoms with van der Waals surface area (Å²) in [6.07, 6.45) is -16.7. The number of hydrogen-bond donors (Lipinski definition) is 0. The Morgan fingerprint density at radius 2 is 0.864 bits per heavy atom. The fourth-order valence-corrected chi connectivity index (χ4v) is 7.62. The van der Waals surface area contributed by atoms with Gasteiger partial charge in [-0.2, -0.15) is 0 Å². The average Bonchev–Trinajstić information content (AvgIpc) is 3.48.